The Kier molecular flexibility index (Phi) is 4.45. The summed E-state index contributed by atoms with van der Waals surface area (Å²) in [4.78, 5) is 11.5. The first-order valence-corrected chi connectivity index (χ1v) is 6.79. The highest BCUT2D eigenvalue weighted by atomic mass is 32.2. The van der Waals surface area contributed by atoms with Crippen LogP contribution in [0.25, 0.3) is 0 Å². The molecule has 1 fully saturated rings. The second-order valence-electron chi connectivity index (χ2n) is 4.14. The lowest BCUT2D eigenvalue weighted by Gasteiger charge is -2.25. The van der Waals surface area contributed by atoms with Gasteiger partial charge in [-0.25, -0.2) is 0 Å². The van der Waals surface area contributed by atoms with Gasteiger partial charge >= 0.3 is 0 Å². The highest BCUT2D eigenvalue weighted by Gasteiger charge is 2.24. The fraction of sp³-hybridized carbons (Fsp3) is 0.462. The lowest BCUT2D eigenvalue weighted by Crippen LogP contribution is -2.24. The number of thioether (sulfide) groups is 1. The van der Waals surface area contributed by atoms with Crippen LogP contribution < -0.4 is 5.73 Å². The highest BCUT2D eigenvalue weighted by Crippen LogP contribution is 2.35. The number of hydrogen-bond donors (Lipinski definition) is 1. The Labute approximate surface area is 106 Å². The van der Waals surface area contributed by atoms with Gasteiger partial charge in [0.05, 0.1) is 0 Å². The number of carbonyl (C=O) groups is 1. The molecule has 0 saturated carbocycles. The highest BCUT2D eigenvalue weighted by molar-refractivity contribution is 8.00. The number of rotatable bonds is 4. The van der Waals surface area contributed by atoms with Crippen LogP contribution in [0.3, 0.4) is 0 Å². The molecule has 2 N–H and O–H groups in total. The molecule has 3 nitrogen and oxygen atoms in total. The zero-order chi connectivity index (χ0) is 12.1. The molecule has 17 heavy (non-hydrogen) atoms. The molecule has 0 bridgehead atoms. The van der Waals surface area contributed by atoms with Crippen molar-refractivity contribution < 1.29 is 9.53 Å². The Balaban J connectivity index is 2.05. The van der Waals surface area contributed by atoms with Crippen LogP contribution >= 0.6 is 11.8 Å². The molecule has 0 aliphatic carbocycles. The summed E-state index contributed by atoms with van der Waals surface area (Å²) in [5.74, 6) is -0.257. The van der Waals surface area contributed by atoms with Crippen LogP contribution in [0.1, 0.15) is 23.7 Å². The molecule has 4 heteroatoms. The summed E-state index contributed by atoms with van der Waals surface area (Å²) in [7, 11) is 0. The number of nitrogens with two attached hydrogens (primary N) is 1. The fourth-order valence-corrected chi connectivity index (χ4v) is 3.24. The van der Waals surface area contributed by atoms with E-state index in [0.717, 1.165) is 31.6 Å². The van der Waals surface area contributed by atoms with Gasteiger partial charge in [-0.05, 0) is 18.4 Å². The van der Waals surface area contributed by atoms with Crippen molar-refractivity contribution in [3.8, 4) is 0 Å². The van der Waals surface area contributed by atoms with Crippen LogP contribution in [-0.2, 0) is 9.53 Å². The van der Waals surface area contributed by atoms with Crippen LogP contribution in [0, 0.1) is 0 Å². The minimum atomic E-state index is -0.257. The monoisotopic (exact) mass is 251 g/mol. The third-order valence-corrected chi connectivity index (χ3v) is 4.49. The molecule has 1 heterocycles. The molecular weight excluding hydrogens is 234 g/mol. The Morgan fingerprint density at radius 1 is 1.29 bits per heavy atom. The van der Waals surface area contributed by atoms with Crippen molar-refractivity contribution in [1.29, 1.82) is 0 Å². The van der Waals surface area contributed by atoms with Crippen LogP contribution in [0.4, 0.5) is 0 Å². The first kappa shape index (κ1) is 12.5. The molecule has 2 rings (SSSR count). The summed E-state index contributed by atoms with van der Waals surface area (Å²) in [5, 5.41) is 0.237. The minimum absolute atomic E-state index is 0.237. The SMILES string of the molecule is NC(=O)C(SC1CCOCC1)c1ccccc1. The van der Waals surface area contributed by atoms with E-state index in [1.165, 1.54) is 0 Å². The summed E-state index contributed by atoms with van der Waals surface area (Å²) in [6.07, 6.45) is 2.00. The molecule has 1 aliphatic rings. The zero-order valence-electron chi connectivity index (χ0n) is 9.67. The van der Waals surface area contributed by atoms with Gasteiger partial charge in [0.25, 0.3) is 0 Å². The Morgan fingerprint density at radius 2 is 1.94 bits per heavy atom. The summed E-state index contributed by atoms with van der Waals surface area (Å²) in [5.41, 5.74) is 6.49. The van der Waals surface area contributed by atoms with Gasteiger partial charge in [-0.15, -0.1) is 11.8 Å². The lowest BCUT2D eigenvalue weighted by molar-refractivity contribution is -0.117. The molecule has 0 aromatic heterocycles. The van der Waals surface area contributed by atoms with Gasteiger partial charge < -0.3 is 10.5 Å². The second-order valence-corrected chi connectivity index (χ2v) is 5.55. The smallest absolute Gasteiger partial charge is 0.235 e. The van der Waals surface area contributed by atoms with Crippen LogP contribution in [-0.4, -0.2) is 24.4 Å². The summed E-state index contributed by atoms with van der Waals surface area (Å²) in [6, 6.07) is 9.75. The molecular formula is C13H17NO2S. The third kappa shape index (κ3) is 3.48. The van der Waals surface area contributed by atoms with Gasteiger partial charge in [-0.3, -0.25) is 4.79 Å². The first-order chi connectivity index (χ1) is 8.27. The quantitative estimate of drug-likeness (QED) is 0.892. The molecule has 92 valence electrons. The third-order valence-electron chi connectivity index (χ3n) is 2.86. The van der Waals surface area contributed by atoms with Gasteiger partial charge in [0, 0.05) is 18.5 Å². The molecule has 1 saturated heterocycles. The Bertz CT molecular complexity index is 363. The van der Waals surface area contributed by atoms with Crippen molar-refractivity contribution in [2.24, 2.45) is 5.73 Å². The van der Waals surface area contributed by atoms with Crippen molar-refractivity contribution in [1.82, 2.24) is 0 Å². The molecule has 1 amide bonds. The molecule has 0 spiro atoms. The van der Waals surface area contributed by atoms with Crippen molar-refractivity contribution >= 4 is 17.7 Å². The maximum Gasteiger partial charge on any atom is 0.235 e. The Hall–Kier alpha value is -1.00. The topological polar surface area (TPSA) is 52.3 Å². The number of ether oxygens (including phenoxy) is 1. The normalized spacial score (nSPS) is 18.8. The van der Waals surface area contributed by atoms with E-state index in [1.54, 1.807) is 11.8 Å². The minimum Gasteiger partial charge on any atom is -0.381 e. The van der Waals surface area contributed by atoms with E-state index in [4.69, 9.17) is 10.5 Å². The van der Waals surface area contributed by atoms with Crippen molar-refractivity contribution in [2.45, 2.75) is 23.3 Å². The summed E-state index contributed by atoms with van der Waals surface area (Å²) >= 11 is 1.67. The number of benzene rings is 1. The van der Waals surface area contributed by atoms with Crippen LogP contribution in [0.15, 0.2) is 30.3 Å². The average molecular weight is 251 g/mol. The Morgan fingerprint density at radius 3 is 2.53 bits per heavy atom. The van der Waals surface area contributed by atoms with Crippen LogP contribution in [0.5, 0.6) is 0 Å². The molecule has 1 aromatic rings. The molecule has 1 atom stereocenters. The number of hydrogen-bond acceptors (Lipinski definition) is 3. The van der Waals surface area contributed by atoms with E-state index in [1.807, 2.05) is 30.3 Å². The van der Waals surface area contributed by atoms with Gasteiger partial charge in [0.2, 0.25) is 5.91 Å². The van der Waals surface area contributed by atoms with E-state index >= 15 is 0 Å². The van der Waals surface area contributed by atoms with E-state index in [-0.39, 0.29) is 11.2 Å². The van der Waals surface area contributed by atoms with E-state index < -0.39 is 0 Å². The molecule has 1 aromatic carbocycles. The maximum atomic E-state index is 11.5. The fourth-order valence-electron chi connectivity index (χ4n) is 1.94. The lowest BCUT2D eigenvalue weighted by atomic mass is 10.1. The molecule has 0 radical (unpaired) electrons. The number of primary amides is 1. The summed E-state index contributed by atoms with van der Waals surface area (Å²) in [6.45, 7) is 1.58. The van der Waals surface area contributed by atoms with Crippen LogP contribution in [0.2, 0.25) is 0 Å². The van der Waals surface area contributed by atoms with Crippen molar-refractivity contribution in [2.75, 3.05) is 13.2 Å². The number of amides is 1. The standard InChI is InChI=1S/C13H17NO2S/c14-13(15)12(10-4-2-1-3-5-10)17-11-6-8-16-9-7-11/h1-5,11-12H,6-9H2,(H2,14,15). The van der Waals surface area contributed by atoms with Gasteiger partial charge in [0.15, 0.2) is 0 Å². The predicted molar refractivity (Wildman–Crippen MR) is 69.8 cm³/mol. The van der Waals surface area contributed by atoms with Gasteiger partial charge in [-0.1, -0.05) is 30.3 Å². The van der Waals surface area contributed by atoms with Gasteiger partial charge in [-0.2, -0.15) is 0 Å². The zero-order valence-corrected chi connectivity index (χ0v) is 10.5. The second kappa shape index (κ2) is 6.07. The molecule has 1 aliphatic heterocycles. The predicted octanol–water partition coefficient (Wildman–Crippen LogP) is 2.13. The summed E-state index contributed by atoms with van der Waals surface area (Å²) < 4.78 is 5.32. The average Bonchev–Trinajstić information content (AvgIpc) is 2.38. The van der Waals surface area contributed by atoms with Gasteiger partial charge in [0.1, 0.15) is 5.25 Å². The van der Waals surface area contributed by atoms with Crippen molar-refractivity contribution in [3.05, 3.63) is 35.9 Å². The number of carbonyl (C=O) groups excluding carboxylic acids is 1. The maximum absolute atomic E-state index is 11.5. The van der Waals surface area contributed by atoms with Crippen molar-refractivity contribution in [3.63, 3.8) is 0 Å². The first-order valence-electron chi connectivity index (χ1n) is 5.85. The largest absolute Gasteiger partial charge is 0.381 e. The van der Waals surface area contributed by atoms with E-state index in [2.05, 4.69) is 0 Å². The molecule has 1 unspecified atom stereocenters. The van der Waals surface area contributed by atoms with E-state index in [9.17, 15) is 4.79 Å². The van der Waals surface area contributed by atoms with E-state index in [0.29, 0.717) is 5.25 Å².